The van der Waals surface area contributed by atoms with Crippen LogP contribution in [0.2, 0.25) is 0 Å². The second-order valence-electron chi connectivity index (χ2n) is 7.94. The van der Waals surface area contributed by atoms with Crippen LogP contribution in [-0.4, -0.2) is 33.1 Å². The lowest BCUT2D eigenvalue weighted by atomic mass is 10.0. The van der Waals surface area contributed by atoms with Gasteiger partial charge in [0, 0.05) is 17.8 Å². The van der Waals surface area contributed by atoms with E-state index in [1.165, 1.54) is 26.2 Å². The Balaban J connectivity index is 1.85. The predicted octanol–water partition coefficient (Wildman–Crippen LogP) is 4.73. The molecule has 0 spiro atoms. The maximum atomic E-state index is 13.6. The van der Waals surface area contributed by atoms with Gasteiger partial charge in [0.1, 0.15) is 5.70 Å². The number of carbonyl (C=O) groups is 2. The van der Waals surface area contributed by atoms with E-state index in [0.29, 0.717) is 39.8 Å². The molecule has 0 aromatic heterocycles. The smallest absolute Gasteiger partial charge is 0.282 e. The molecular weight excluding hydrogens is 432 g/mol. The fourth-order valence-electron chi connectivity index (χ4n) is 3.93. The van der Waals surface area contributed by atoms with E-state index in [1.54, 1.807) is 18.2 Å². The minimum atomic E-state index is -0.445. The van der Waals surface area contributed by atoms with Crippen LogP contribution in [0.5, 0.6) is 17.2 Å². The van der Waals surface area contributed by atoms with Crippen molar-refractivity contribution in [1.82, 2.24) is 0 Å². The minimum absolute atomic E-state index is 0.171. The number of methoxy groups -OCH3 is 3. The first kappa shape index (κ1) is 22.9. The molecule has 0 fully saturated rings. The largest absolute Gasteiger partial charge is 0.493 e. The fraction of sp³-hybridized carbons (Fsp3) is 0.185. The van der Waals surface area contributed by atoms with Crippen molar-refractivity contribution in [1.29, 1.82) is 0 Å². The summed E-state index contributed by atoms with van der Waals surface area (Å²) in [6.07, 6.45) is 0. The molecule has 0 radical (unpaired) electrons. The first-order valence-corrected chi connectivity index (χ1v) is 10.7. The Hall–Kier alpha value is -4.26. The summed E-state index contributed by atoms with van der Waals surface area (Å²) in [6.45, 7) is 3.88. The standard InChI is InChI=1S/C27H26N2O5/c1-16-9-11-18(12-10-16)23-24(27(31)29(26(23)30)20-8-6-7-17(2)13-20)28-19-14-21(32-3)25(34-5)22(15-19)33-4/h6-15,28H,1-5H3. The van der Waals surface area contributed by atoms with Crippen LogP contribution < -0.4 is 24.4 Å². The molecule has 0 saturated heterocycles. The second kappa shape index (κ2) is 9.31. The van der Waals surface area contributed by atoms with Crippen molar-refractivity contribution < 1.29 is 23.8 Å². The van der Waals surface area contributed by atoms with Crippen molar-refractivity contribution in [2.45, 2.75) is 13.8 Å². The summed E-state index contributed by atoms with van der Waals surface area (Å²) in [5.74, 6) is 0.441. The number of imide groups is 1. The van der Waals surface area contributed by atoms with Gasteiger partial charge in [-0.15, -0.1) is 0 Å². The molecule has 1 N–H and O–H groups in total. The molecular formula is C27H26N2O5. The Kier molecular flexibility index (Phi) is 6.27. The summed E-state index contributed by atoms with van der Waals surface area (Å²) >= 11 is 0. The lowest BCUT2D eigenvalue weighted by Gasteiger charge is -2.17. The number of hydrogen-bond acceptors (Lipinski definition) is 6. The summed E-state index contributed by atoms with van der Waals surface area (Å²) in [6, 6.07) is 18.2. The van der Waals surface area contributed by atoms with Crippen LogP contribution in [0.15, 0.2) is 66.4 Å². The summed E-state index contributed by atoms with van der Waals surface area (Å²) < 4.78 is 16.3. The van der Waals surface area contributed by atoms with Crippen molar-refractivity contribution in [3.8, 4) is 17.2 Å². The minimum Gasteiger partial charge on any atom is -0.493 e. The average Bonchev–Trinajstić information content (AvgIpc) is 3.08. The van der Waals surface area contributed by atoms with Crippen LogP contribution in [-0.2, 0) is 9.59 Å². The van der Waals surface area contributed by atoms with Gasteiger partial charge in [-0.2, -0.15) is 0 Å². The van der Waals surface area contributed by atoms with Gasteiger partial charge in [0.2, 0.25) is 5.75 Å². The number of benzene rings is 3. The number of nitrogens with zero attached hydrogens (tertiary/aromatic N) is 1. The number of ether oxygens (including phenoxy) is 3. The van der Waals surface area contributed by atoms with Crippen molar-refractivity contribution >= 4 is 28.8 Å². The normalized spacial score (nSPS) is 13.4. The van der Waals surface area contributed by atoms with E-state index in [-0.39, 0.29) is 5.70 Å². The number of aryl methyl sites for hydroxylation is 2. The number of anilines is 2. The molecule has 1 aliphatic heterocycles. The summed E-state index contributed by atoms with van der Waals surface area (Å²) in [5, 5.41) is 3.15. The molecule has 34 heavy (non-hydrogen) atoms. The molecule has 0 atom stereocenters. The molecule has 0 saturated carbocycles. The van der Waals surface area contributed by atoms with Crippen LogP contribution in [0, 0.1) is 13.8 Å². The number of hydrogen-bond donors (Lipinski definition) is 1. The van der Waals surface area contributed by atoms with Crippen molar-refractivity contribution in [3.05, 3.63) is 83.1 Å². The van der Waals surface area contributed by atoms with Crippen LogP contribution in [0.25, 0.3) is 5.57 Å². The van der Waals surface area contributed by atoms with Gasteiger partial charge in [0.05, 0.1) is 32.6 Å². The maximum Gasteiger partial charge on any atom is 0.282 e. The first-order valence-electron chi connectivity index (χ1n) is 10.7. The van der Waals surface area contributed by atoms with Gasteiger partial charge in [0.15, 0.2) is 11.5 Å². The molecule has 0 aliphatic carbocycles. The number of carbonyl (C=O) groups excluding carboxylic acids is 2. The number of rotatable bonds is 7. The number of nitrogens with one attached hydrogen (secondary N) is 1. The third-order valence-corrected chi connectivity index (χ3v) is 5.62. The van der Waals surface area contributed by atoms with Gasteiger partial charge >= 0.3 is 0 Å². The first-order chi connectivity index (χ1) is 16.4. The van der Waals surface area contributed by atoms with Gasteiger partial charge < -0.3 is 19.5 Å². The zero-order chi connectivity index (χ0) is 24.4. The highest BCUT2D eigenvalue weighted by atomic mass is 16.5. The van der Waals surface area contributed by atoms with Crippen molar-refractivity contribution in [3.63, 3.8) is 0 Å². The van der Waals surface area contributed by atoms with Gasteiger partial charge in [-0.3, -0.25) is 9.59 Å². The molecule has 1 heterocycles. The SMILES string of the molecule is COc1cc(NC2=C(c3ccc(C)cc3)C(=O)N(c3cccc(C)c3)C2=O)cc(OC)c1OC. The Morgan fingerprint density at radius 3 is 1.94 bits per heavy atom. The second-order valence-corrected chi connectivity index (χ2v) is 7.94. The summed E-state index contributed by atoms with van der Waals surface area (Å²) in [5.41, 5.74) is 4.14. The van der Waals surface area contributed by atoms with Crippen LogP contribution in [0.3, 0.4) is 0 Å². The van der Waals surface area contributed by atoms with Crippen molar-refractivity contribution in [2.24, 2.45) is 0 Å². The Morgan fingerprint density at radius 2 is 1.38 bits per heavy atom. The highest BCUT2D eigenvalue weighted by Crippen LogP contribution is 2.41. The summed E-state index contributed by atoms with van der Waals surface area (Å²) in [7, 11) is 4.55. The van der Waals surface area contributed by atoms with E-state index < -0.39 is 11.8 Å². The predicted molar refractivity (Wildman–Crippen MR) is 131 cm³/mol. The molecule has 174 valence electrons. The number of amides is 2. The Morgan fingerprint density at radius 1 is 0.735 bits per heavy atom. The zero-order valence-corrected chi connectivity index (χ0v) is 19.8. The quantitative estimate of drug-likeness (QED) is 0.516. The molecule has 7 heteroatoms. The molecule has 3 aromatic carbocycles. The molecule has 0 bridgehead atoms. The van der Waals surface area contributed by atoms with E-state index in [9.17, 15) is 9.59 Å². The van der Waals surface area contributed by atoms with Crippen molar-refractivity contribution in [2.75, 3.05) is 31.5 Å². The lowest BCUT2D eigenvalue weighted by molar-refractivity contribution is -0.120. The van der Waals surface area contributed by atoms with Gasteiger partial charge in [0.25, 0.3) is 11.8 Å². The lowest BCUT2D eigenvalue weighted by Crippen LogP contribution is -2.32. The highest BCUT2D eigenvalue weighted by molar-refractivity contribution is 6.46. The highest BCUT2D eigenvalue weighted by Gasteiger charge is 2.40. The summed E-state index contributed by atoms with van der Waals surface area (Å²) in [4.78, 5) is 28.4. The van der Waals surface area contributed by atoms with Crippen LogP contribution >= 0.6 is 0 Å². The molecule has 4 rings (SSSR count). The molecule has 3 aromatic rings. The van der Waals surface area contributed by atoms with E-state index >= 15 is 0 Å². The Bertz CT molecular complexity index is 1270. The third kappa shape index (κ3) is 4.08. The molecule has 0 unspecified atom stereocenters. The fourth-order valence-corrected chi connectivity index (χ4v) is 3.93. The van der Waals surface area contributed by atoms with Gasteiger partial charge in [-0.1, -0.05) is 42.0 Å². The molecule has 1 aliphatic rings. The molecule has 2 amide bonds. The van der Waals surface area contributed by atoms with Gasteiger partial charge in [-0.25, -0.2) is 4.90 Å². The Labute approximate surface area is 198 Å². The van der Waals surface area contributed by atoms with E-state index in [2.05, 4.69) is 5.32 Å². The van der Waals surface area contributed by atoms with Crippen LogP contribution in [0.4, 0.5) is 11.4 Å². The van der Waals surface area contributed by atoms with E-state index in [0.717, 1.165) is 11.1 Å². The molecule has 7 nitrogen and oxygen atoms in total. The van der Waals surface area contributed by atoms with E-state index in [1.807, 2.05) is 56.3 Å². The monoisotopic (exact) mass is 458 g/mol. The van der Waals surface area contributed by atoms with E-state index in [4.69, 9.17) is 14.2 Å². The third-order valence-electron chi connectivity index (χ3n) is 5.62. The average molecular weight is 459 g/mol. The topological polar surface area (TPSA) is 77.1 Å². The van der Waals surface area contributed by atoms with Gasteiger partial charge in [-0.05, 0) is 37.1 Å². The maximum absolute atomic E-state index is 13.6. The van der Waals surface area contributed by atoms with Crippen LogP contribution in [0.1, 0.15) is 16.7 Å². The zero-order valence-electron chi connectivity index (χ0n) is 19.8.